The molecule has 3 nitrogen and oxygen atoms in total. The highest BCUT2D eigenvalue weighted by atomic mass is 19.1. The van der Waals surface area contributed by atoms with Crippen LogP contribution in [0.1, 0.15) is 50.7 Å². The van der Waals surface area contributed by atoms with E-state index in [4.69, 9.17) is 15.9 Å². The number of hydrogen-bond acceptors (Lipinski definition) is 2. The van der Waals surface area contributed by atoms with Gasteiger partial charge in [0.2, 0.25) is 0 Å². The van der Waals surface area contributed by atoms with Crippen molar-refractivity contribution in [2.24, 2.45) is 11.1 Å². The van der Waals surface area contributed by atoms with E-state index >= 15 is 0 Å². The van der Waals surface area contributed by atoms with Crippen molar-refractivity contribution < 1.29 is 9.13 Å². The van der Waals surface area contributed by atoms with Gasteiger partial charge in [-0.1, -0.05) is 26.0 Å². The van der Waals surface area contributed by atoms with Gasteiger partial charge in [-0.05, 0) is 37.2 Å². The van der Waals surface area contributed by atoms with Gasteiger partial charge in [0.25, 0.3) is 0 Å². The summed E-state index contributed by atoms with van der Waals surface area (Å²) in [4.78, 5) is 0. The standard InChI is InChI=1S/C16H23FN2O/c1-16(2)8-6-12(7-9-16)20-10-11-4-3-5-13(14(11)17)15(18)19/h3-5,12H,6-10H2,1-2H3,(H3,18,19). The fourth-order valence-electron chi connectivity index (χ4n) is 2.65. The Balaban J connectivity index is 1.95. The SMILES string of the molecule is CC1(C)CCC(OCc2cccc(C(=N)N)c2F)CC1. The number of hydrogen-bond donors (Lipinski definition) is 2. The van der Waals surface area contributed by atoms with Crippen LogP contribution in [0.15, 0.2) is 18.2 Å². The number of nitrogen functional groups attached to an aromatic ring is 1. The molecule has 1 saturated carbocycles. The van der Waals surface area contributed by atoms with E-state index in [1.807, 2.05) is 0 Å². The van der Waals surface area contributed by atoms with Crippen LogP contribution in [0.5, 0.6) is 0 Å². The zero-order valence-electron chi connectivity index (χ0n) is 12.2. The van der Waals surface area contributed by atoms with Crippen molar-refractivity contribution in [2.75, 3.05) is 0 Å². The summed E-state index contributed by atoms with van der Waals surface area (Å²) in [5.41, 5.74) is 6.38. The smallest absolute Gasteiger partial charge is 0.139 e. The van der Waals surface area contributed by atoms with Gasteiger partial charge >= 0.3 is 0 Å². The molecule has 0 spiro atoms. The molecule has 1 aromatic carbocycles. The Morgan fingerprint density at radius 3 is 2.65 bits per heavy atom. The Labute approximate surface area is 119 Å². The van der Waals surface area contributed by atoms with Gasteiger partial charge in [0, 0.05) is 5.56 Å². The van der Waals surface area contributed by atoms with Gasteiger partial charge in [-0.3, -0.25) is 5.41 Å². The van der Waals surface area contributed by atoms with Crippen LogP contribution in [-0.2, 0) is 11.3 Å². The number of ether oxygens (including phenoxy) is 1. The summed E-state index contributed by atoms with van der Waals surface area (Å²) in [6, 6.07) is 4.92. The molecule has 0 aromatic heterocycles. The minimum atomic E-state index is -0.434. The molecule has 4 heteroatoms. The van der Waals surface area contributed by atoms with Crippen molar-refractivity contribution in [2.45, 2.75) is 52.2 Å². The Morgan fingerprint density at radius 1 is 1.40 bits per heavy atom. The van der Waals surface area contributed by atoms with Crippen LogP contribution in [0.4, 0.5) is 4.39 Å². The van der Waals surface area contributed by atoms with Crippen LogP contribution in [0.25, 0.3) is 0 Å². The lowest BCUT2D eigenvalue weighted by atomic mass is 9.76. The summed E-state index contributed by atoms with van der Waals surface area (Å²) in [7, 11) is 0. The van der Waals surface area contributed by atoms with Crippen molar-refractivity contribution in [3.8, 4) is 0 Å². The van der Waals surface area contributed by atoms with E-state index in [0.717, 1.165) is 25.7 Å². The Bertz CT molecular complexity index is 489. The molecule has 1 aliphatic rings. The van der Waals surface area contributed by atoms with E-state index in [1.54, 1.807) is 12.1 Å². The Kier molecular flexibility index (Phi) is 4.43. The molecule has 0 atom stereocenters. The van der Waals surface area contributed by atoms with E-state index in [9.17, 15) is 4.39 Å². The maximum absolute atomic E-state index is 14.1. The molecular formula is C16H23FN2O. The predicted molar refractivity (Wildman–Crippen MR) is 78.2 cm³/mol. The summed E-state index contributed by atoms with van der Waals surface area (Å²) < 4.78 is 19.9. The minimum absolute atomic E-state index is 0.149. The third-order valence-corrected chi connectivity index (χ3v) is 4.13. The molecule has 2 rings (SSSR count). The van der Waals surface area contributed by atoms with Gasteiger partial charge in [-0.25, -0.2) is 4.39 Å². The quantitative estimate of drug-likeness (QED) is 0.653. The molecule has 0 radical (unpaired) electrons. The fourth-order valence-corrected chi connectivity index (χ4v) is 2.65. The highest BCUT2D eigenvalue weighted by molar-refractivity contribution is 5.95. The summed E-state index contributed by atoms with van der Waals surface area (Å²) >= 11 is 0. The first-order valence-corrected chi connectivity index (χ1v) is 7.12. The molecule has 0 unspecified atom stereocenters. The van der Waals surface area contributed by atoms with Gasteiger partial charge in [0.1, 0.15) is 11.7 Å². The molecule has 1 aliphatic carbocycles. The third-order valence-electron chi connectivity index (χ3n) is 4.13. The lowest BCUT2D eigenvalue weighted by Gasteiger charge is -2.34. The van der Waals surface area contributed by atoms with E-state index in [-0.39, 0.29) is 24.1 Å². The summed E-state index contributed by atoms with van der Waals surface area (Å²) in [5, 5.41) is 7.34. The van der Waals surface area contributed by atoms with Gasteiger partial charge in [0.05, 0.1) is 18.3 Å². The summed E-state index contributed by atoms with van der Waals surface area (Å²) in [5.74, 6) is -0.681. The van der Waals surface area contributed by atoms with Gasteiger partial charge in [-0.2, -0.15) is 0 Å². The molecule has 0 aliphatic heterocycles. The largest absolute Gasteiger partial charge is 0.384 e. The third kappa shape index (κ3) is 3.57. The molecule has 0 heterocycles. The van der Waals surface area contributed by atoms with Crippen LogP contribution >= 0.6 is 0 Å². The molecule has 110 valence electrons. The van der Waals surface area contributed by atoms with Gasteiger partial charge in [0.15, 0.2) is 0 Å². The molecule has 0 amide bonds. The number of halogens is 1. The molecule has 1 fully saturated rings. The second kappa shape index (κ2) is 5.92. The zero-order chi connectivity index (χ0) is 14.8. The van der Waals surface area contributed by atoms with Crippen LogP contribution in [0.2, 0.25) is 0 Å². The first kappa shape index (κ1) is 15.0. The minimum Gasteiger partial charge on any atom is -0.384 e. The first-order valence-electron chi connectivity index (χ1n) is 7.12. The van der Waals surface area contributed by atoms with Crippen LogP contribution in [0, 0.1) is 16.6 Å². The lowest BCUT2D eigenvalue weighted by molar-refractivity contribution is -0.00660. The maximum atomic E-state index is 14.1. The molecule has 0 bridgehead atoms. The second-order valence-corrected chi connectivity index (χ2v) is 6.37. The molecule has 20 heavy (non-hydrogen) atoms. The van der Waals surface area contributed by atoms with Crippen molar-refractivity contribution in [1.29, 1.82) is 5.41 Å². The van der Waals surface area contributed by atoms with Crippen molar-refractivity contribution in [1.82, 2.24) is 0 Å². The van der Waals surface area contributed by atoms with Crippen LogP contribution in [0.3, 0.4) is 0 Å². The van der Waals surface area contributed by atoms with Crippen molar-refractivity contribution in [3.05, 3.63) is 35.1 Å². The highest BCUT2D eigenvalue weighted by Crippen LogP contribution is 2.36. The van der Waals surface area contributed by atoms with E-state index in [2.05, 4.69) is 13.8 Å². The number of benzene rings is 1. The molecule has 1 aromatic rings. The molecular weight excluding hydrogens is 255 g/mol. The second-order valence-electron chi connectivity index (χ2n) is 6.37. The van der Waals surface area contributed by atoms with Gasteiger partial charge < -0.3 is 10.5 Å². The normalized spacial score (nSPS) is 18.9. The number of nitrogens with one attached hydrogen (secondary N) is 1. The number of nitrogens with two attached hydrogens (primary N) is 1. The molecule has 3 N–H and O–H groups in total. The monoisotopic (exact) mass is 278 g/mol. The number of amidine groups is 1. The van der Waals surface area contributed by atoms with Crippen molar-refractivity contribution >= 4 is 5.84 Å². The maximum Gasteiger partial charge on any atom is 0.139 e. The topological polar surface area (TPSA) is 59.1 Å². The zero-order valence-corrected chi connectivity index (χ0v) is 12.2. The van der Waals surface area contributed by atoms with Crippen LogP contribution in [-0.4, -0.2) is 11.9 Å². The Hall–Kier alpha value is -1.42. The van der Waals surface area contributed by atoms with E-state index in [1.165, 1.54) is 6.07 Å². The molecule has 0 saturated heterocycles. The Morgan fingerprint density at radius 2 is 2.05 bits per heavy atom. The average molecular weight is 278 g/mol. The van der Waals surface area contributed by atoms with E-state index < -0.39 is 5.82 Å². The van der Waals surface area contributed by atoms with E-state index in [0.29, 0.717) is 11.0 Å². The first-order chi connectivity index (χ1) is 9.39. The highest BCUT2D eigenvalue weighted by Gasteiger charge is 2.27. The van der Waals surface area contributed by atoms with Gasteiger partial charge in [-0.15, -0.1) is 0 Å². The average Bonchev–Trinajstić information content (AvgIpc) is 2.38. The van der Waals surface area contributed by atoms with Crippen LogP contribution < -0.4 is 5.73 Å². The summed E-state index contributed by atoms with van der Waals surface area (Å²) in [6.07, 6.45) is 4.56. The summed E-state index contributed by atoms with van der Waals surface area (Å²) in [6.45, 7) is 4.80. The lowest BCUT2D eigenvalue weighted by Crippen LogP contribution is -2.26. The number of rotatable bonds is 4. The van der Waals surface area contributed by atoms with Crippen molar-refractivity contribution in [3.63, 3.8) is 0 Å². The predicted octanol–water partition coefficient (Wildman–Crippen LogP) is 3.60. The fraction of sp³-hybridized carbons (Fsp3) is 0.562.